The second-order valence-corrected chi connectivity index (χ2v) is 11.1. The first-order valence-corrected chi connectivity index (χ1v) is 14.5. The fourth-order valence-corrected chi connectivity index (χ4v) is 5.11. The van der Waals surface area contributed by atoms with E-state index in [9.17, 15) is 24.0 Å². The lowest BCUT2D eigenvalue weighted by Crippen LogP contribution is -2.53. The minimum atomic E-state index is -1.12. The van der Waals surface area contributed by atoms with Gasteiger partial charge in [0.05, 0.1) is 25.8 Å². The summed E-state index contributed by atoms with van der Waals surface area (Å²) in [5.74, 6) is -1.92. The number of hydrogen-bond donors (Lipinski definition) is 4. The normalized spacial score (nSPS) is 15.8. The van der Waals surface area contributed by atoms with Crippen LogP contribution in [-0.4, -0.2) is 73.9 Å². The van der Waals surface area contributed by atoms with Gasteiger partial charge >= 0.3 is 5.97 Å². The van der Waals surface area contributed by atoms with Crippen LogP contribution in [0.4, 0.5) is 0 Å². The monoisotopic (exact) mass is 606 g/mol. The van der Waals surface area contributed by atoms with Gasteiger partial charge in [-0.3, -0.25) is 19.2 Å². The Balaban J connectivity index is 1.47. The van der Waals surface area contributed by atoms with Gasteiger partial charge in [-0.1, -0.05) is 19.9 Å². The molecule has 3 aromatic rings. The van der Waals surface area contributed by atoms with Crippen LogP contribution in [0.25, 0.3) is 10.9 Å². The van der Waals surface area contributed by atoms with Gasteiger partial charge < -0.3 is 35.1 Å². The molecule has 2 heterocycles. The average molecular weight is 607 g/mol. The van der Waals surface area contributed by atoms with Crippen LogP contribution in [0.15, 0.2) is 48.5 Å². The quantitative estimate of drug-likeness (QED) is 0.204. The SMILES string of the molecule is COc1ccc(C(=O)OCC(=O)C(CC2CCNC2=O)NC(=O)C(CC(C)C)NC(=O)c2cc3c(OC)cccc3[nH]2)cc1. The Kier molecular flexibility index (Phi) is 10.6. The number of methoxy groups -OCH3 is 2. The molecule has 2 aromatic carbocycles. The lowest BCUT2D eigenvalue weighted by atomic mass is 9.95. The van der Waals surface area contributed by atoms with Gasteiger partial charge in [0.2, 0.25) is 11.8 Å². The van der Waals surface area contributed by atoms with Gasteiger partial charge in [0.25, 0.3) is 5.91 Å². The van der Waals surface area contributed by atoms with E-state index in [0.717, 1.165) is 5.39 Å². The van der Waals surface area contributed by atoms with Crippen molar-refractivity contribution in [2.45, 2.75) is 45.2 Å². The number of H-pyrrole nitrogens is 1. The number of aromatic amines is 1. The van der Waals surface area contributed by atoms with E-state index < -0.39 is 48.2 Å². The first-order chi connectivity index (χ1) is 21.1. The van der Waals surface area contributed by atoms with Gasteiger partial charge in [0.1, 0.15) is 23.2 Å². The van der Waals surface area contributed by atoms with E-state index in [-0.39, 0.29) is 29.5 Å². The molecule has 0 saturated carbocycles. The van der Waals surface area contributed by atoms with E-state index in [1.165, 1.54) is 26.4 Å². The number of ketones is 1. The number of carbonyl (C=O) groups excluding carboxylic acids is 5. The number of Topliss-reactive ketones (excluding diaryl/α,β-unsaturated/α-hetero) is 1. The maximum absolute atomic E-state index is 13.6. The molecule has 1 aliphatic heterocycles. The second kappa shape index (κ2) is 14.5. The molecular formula is C32H38N4O8. The summed E-state index contributed by atoms with van der Waals surface area (Å²) >= 11 is 0. The zero-order valence-corrected chi connectivity index (χ0v) is 25.2. The van der Waals surface area contributed by atoms with Crippen molar-refractivity contribution < 1.29 is 38.2 Å². The molecule has 3 atom stereocenters. The highest BCUT2D eigenvalue weighted by atomic mass is 16.5. The Morgan fingerprint density at radius 1 is 0.977 bits per heavy atom. The number of esters is 1. The molecule has 1 aliphatic rings. The van der Waals surface area contributed by atoms with Crippen molar-refractivity contribution in [2.75, 3.05) is 27.4 Å². The van der Waals surface area contributed by atoms with Crippen molar-refractivity contribution in [3.63, 3.8) is 0 Å². The maximum Gasteiger partial charge on any atom is 0.338 e. The summed E-state index contributed by atoms with van der Waals surface area (Å²) in [6, 6.07) is 11.1. The molecule has 1 saturated heterocycles. The molecule has 0 bridgehead atoms. The molecule has 4 N–H and O–H groups in total. The molecule has 234 valence electrons. The number of carbonyl (C=O) groups is 5. The third-order valence-electron chi connectivity index (χ3n) is 7.48. The number of ether oxygens (including phenoxy) is 3. The summed E-state index contributed by atoms with van der Waals surface area (Å²) in [7, 11) is 3.04. The number of amides is 3. The minimum Gasteiger partial charge on any atom is -0.497 e. The van der Waals surface area contributed by atoms with E-state index in [0.29, 0.717) is 36.4 Å². The van der Waals surface area contributed by atoms with Crippen LogP contribution < -0.4 is 25.4 Å². The lowest BCUT2D eigenvalue weighted by Gasteiger charge is -2.25. The molecule has 1 aromatic heterocycles. The highest BCUT2D eigenvalue weighted by molar-refractivity contribution is 6.02. The summed E-state index contributed by atoms with van der Waals surface area (Å²) in [6.45, 7) is 3.67. The first-order valence-electron chi connectivity index (χ1n) is 14.5. The molecule has 0 spiro atoms. The number of aromatic nitrogens is 1. The van der Waals surface area contributed by atoms with E-state index in [2.05, 4.69) is 20.9 Å². The lowest BCUT2D eigenvalue weighted by molar-refractivity contribution is -0.131. The Hall–Kier alpha value is -4.87. The van der Waals surface area contributed by atoms with Crippen molar-refractivity contribution in [3.8, 4) is 11.5 Å². The predicted molar refractivity (Wildman–Crippen MR) is 162 cm³/mol. The van der Waals surface area contributed by atoms with Gasteiger partial charge in [0.15, 0.2) is 12.4 Å². The predicted octanol–water partition coefficient (Wildman–Crippen LogP) is 2.77. The van der Waals surface area contributed by atoms with E-state index in [4.69, 9.17) is 14.2 Å². The van der Waals surface area contributed by atoms with Gasteiger partial charge in [-0.15, -0.1) is 0 Å². The van der Waals surface area contributed by atoms with Crippen LogP contribution in [0.2, 0.25) is 0 Å². The molecule has 0 radical (unpaired) electrons. The molecule has 1 fully saturated rings. The van der Waals surface area contributed by atoms with Crippen LogP contribution in [0.5, 0.6) is 11.5 Å². The van der Waals surface area contributed by atoms with Gasteiger partial charge in [0, 0.05) is 23.4 Å². The molecule has 3 unspecified atom stereocenters. The summed E-state index contributed by atoms with van der Waals surface area (Å²) in [5.41, 5.74) is 1.17. The van der Waals surface area contributed by atoms with Crippen LogP contribution in [0, 0.1) is 11.8 Å². The summed E-state index contributed by atoms with van der Waals surface area (Å²) in [5, 5.41) is 8.96. The molecule has 44 heavy (non-hydrogen) atoms. The Bertz CT molecular complexity index is 1510. The number of hydrogen-bond acceptors (Lipinski definition) is 8. The summed E-state index contributed by atoms with van der Waals surface area (Å²) in [6.07, 6.45) is 0.819. The van der Waals surface area contributed by atoms with Crippen molar-refractivity contribution >= 4 is 40.4 Å². The summed E-state index contributed by atoms with van der Waals surface area (Å²) in [4.78, 5) is 68.1. The number of nitrogens with one attached hydrogen (secondary N) is 4. The molecule has 12 nitrogen and oxygen atoms in total. The summed E-state index contributed by atoms with van der Waals surface area (Å²) < 4.78 is 15.7. The largest absolute Gasteiger partial charge is 0.497 e. The van der Waals surface area contributed by atoms with Gasteiger partial charge in [-0.25, -0.2) is 4.79 Å². The van der Waals surface area contributed by atoms with Crippen LogP contribution in [0.1, 0.15) is 54.0 Å². The third kappa shape index (κ3) is 7.94. The third-order valence-corrected chi connectivity index (χ3v) is 7.48. The molecule has 4 rings (SSSR count). The molecular weight excluding hydrogens is 568 g/mol. The number of fused-ring (bicyclic) bond motifs is 1. The molecule has 3 amide bonds. The maximum atomic E-state index is 13.6. The zero-order valence-electron chi connectivity index (χ0n) is 25.2. The van der Waals surface area contributed by atoms with Crippen molar-refractivity contribution in [3.05, 3.63) is 59.8 Å². The van der Waals surface area contributed by atoms with E-state index >= 15 is 0 Å². The van der Waals surface area contributed by atoms with Crippen LogP contribution >= 0.6 is 0 Å². The van der Waals surface area contributed by atoms with Crippen molar-refractivity contribution in [1.29, 1.82) is 0 Å². The Morgan fingerprint density at radius 3 is 2.36 bits per heavy atom. The minimum absolute atomic E-state index is 0.0223. The van der Waals surface area contributed by atoms with Crippen LogP contribution in [-0.2, 0) is 19.1 Å². The van der Waals surface area contributed by atoms with E-state index in [1.54, 1.807) is 30.3 Å². The standard InChI is InChI=1S/C32H38N4O8/c1-18(2)14-25(36-31(40)26-16-22-23(34-26)6-5-7-28(22)43-4)30(39)35-24(15-20-12-13-33-29(20)38)27(37)17-44-32(41)19-8-10-21(42-3)11-9-19/h5-11,16,18,20,24-25,34H,12-15,17H2,1-4H3,(H,33,38)(H,35,39)(H,36,40). The highest BCUT2D eigenvalue weighted by Crippen LogP contribution is 2.26. The smallest absolute Gasteiger partial charge is 0.338 e. The number of rotatable bonds is 14. The molecule has 12 heteroatoms. The van der Waals surface area contributed by atoms with E-state index in [1.807, 2.05) is 19.9 Å². The fraction of sp³-hybridized carbons (Fsp3) is 0.406. The second-order valence-electron chi connectivity index (χ2n) is 11.1. The van der Waals surface area contributed by atoms with Gasteiger partial charge in [-0.2, -0.15) is 0 Å². The average Bonchev–Trinajstić information content (AvgIpc) is 3.64. The van der Waals surface area contributed by atoms with Crippen LogP contribution in [0.3, 0.4) is 0 Å². The van der Waals surface area contributed by atoms with Crippen molar-refractivity contribution in [2.24, 2.45) is 11.8 Å². The Morgan fingerprint density at radius 2 is 1.73 bits per heavy atom. The number of benzene rings is 2. The Labute approximate surface area is 255 Å². The topological polar surface area (TPSA) is 165 Å². The van der Waals surface area contributed by atoms with Crippen molar-refractivity contribution in [1.82, 2.24) is 20.9 Å². The molecule has 0 aliphatic carbocycles. The zero-order chi connectivity index (χ0) is 31.8. The fourth-order valence-electron chi connectivity index (χ4n) is 5.11. The van der Waals surface area contributed by atoms with Gasteiger partial charge in [-0.05, 0) is 67.6 Å². The first kappa shape index (κ1) is 32.1. The highest BCUT2D eigenvalue weighted by Gasteiger charge is 2.34.